The normalized spacial score (nSPS) is 13.1. The summed E-state index contributed by atoms with van der Waals surface area (Å²) in [6.45, 7) is 0.383. The second-order valence-corrected chi connectivity index (χ2v) is 5.18. The van der Waals surface area contributed by atoms with E-state index in [0.29, 0.717) is 28.1 Å². The third kappa shape index (κ3) is 1.18. The summed E-state index contributed by atoms with van der Waals surface area (Å²) >= 11 is 1.26. The summed E-state index contributed by atoms with van der Waals surface area (Å²) in [7, 11) is 0. The van der Waals surface area contributed by atoms with Crippen molar-refractivity contribution in [3.05, 3.63) is 45.1 Å². The molecule has 0 bridgehead atoms. The van der Waals surface area contributed by atoms with Crippen LogP contribution in [0.25, 0.3) is 15.7 Å². The lowest BCUT2D eigenvalue weighted by atomic mass is 10.1. The van der Waals surface area contributed by atoms with Crippen molar-refractivity contribution in [3.8, 4) is 5.75 Å². The van der Waals surface area contributed by atoms with Crippen LogP contribution in [0.2, 0.25) is 0 Å². The molecule has 0 radical (unpaired) electrons. The molecule has 6 heteroatoms. The van der Waals surface area contributed by atoms with Crippen molar-refractivity contribution in [2.45, 2.75) is 6.61 Å². The van der Waals surface area contributed by atoms with E-state index in [9.17, 15) is 14.7 Å². The molecule has 2 aromatic heterocycles. The molecular formula is C13H7NO4S. The first kappa shape index (κ1) is 10.6. The number of aromatic nitrogens is 1. The number of para-hydroxylation sites is 1. The molecule has 0 saturated heterocycles. The maximum atomic E-state index is 12.3. The first-order chi connectivity index (χ1) is 9.18. The van der Waals surface area contributed by atoms with Gasteiger partial charge in [-0.15, -0.1) is 11.3 Å². The van der Waals surface area contributed by atoms with Gasteiger partial charge < -0.3 is 9.84 Å². The highest BCUT2D eigenvalue weighted by atomic mass is 32.1. The predicted molar refractivity (Wildman–Crippen MR) is 70.3 cm³/mol. The average Bonchev–Trinajstić information content (AvgIpc) is 2.82. The number of pyridine rings is 1. The van der Waals surface area contributed by atoms with Crippen molar-refractivity contribution in [1.82, 2.24) is 4.40 Å². The third-order valence-corrected chi connectivity index (χ3v) is 4.29. The van der Waals surface area contributed by atoms with E-state index in [1.54, 1.807) is 18.2 Å². The highest BCUT2D eigenvalue weighted by molar-refractivity contribution is 7.16. The van der Waals surface area contributed by atoms with Crippen molar-refractivity contribution < 1.29 is 14.6 Å². The summed E-state index contributed by atoms with van der Waals surface area (Å²) in [6, 6.07) is 5.12. The van der Waals surface area contributed by atoms with E-state index in [2.05, 4.69) is 0 Å². The van der Waals surface area contributed by atoms with Crippen LogP contribution in [0.4, 0.5) is 0 Å². The molecule has 0 saturated carbocycles. The van der Waals surface area contributed by atoms with E-state index in [1.165, 1.54) is 11.3 Å². The van der Waals surface area contributed by atoms with Crippen molar-refractivity contribution in [2.24, 2.45) is 0 Å². The third-order valence-electron chi connectivity index (χ3n) is 3.29. The standard InChI is InChI=1S/C13H7NO4S/c15-11-7-2-1-3-8-10(7)14-6(4-18-8)5-19-12(14)9(11)13(16)17/h1-3,5H,4H2,(H,16,17). The lowest BCUT2D eigenvalue weighted by Crippen LogP contribution is -2.20. The minimum atomic E-state index is -1.19. The molecule has 0 amide bonds. The number of carboxylic acid groups (broad SMARTS) is 1. The van der Waals surface area contributed by atoms with Crippen molar-refractivity contribution >= 4 is 33.0 Å². The van der Waals surface area contributed by atoms with Crippen LogP contribution in [0.1, 0.15) is 16.1 Å². The number of carbonyl (C=O) groups is 1. The smallest absolute Gasteiger partial charge is 0.342 e. The minimum absolute atomic E-state index is 0.164. The van der Waals surface area contributed by atoms with Gasteiger partial charge in [-0.2, -0.15) is 0 Å². The van der Waals surface area contributed by atoms with Crippen molar-refractivity contribution in [3.63, 3.8) is 0 Å². The average molecular weight is 273 g/mol. The van der Waals surface area contributed by atoms with Crippen LogP contribution in [0, 0.1) is 0 Å². The Bertz CT molecular complexity index is 922. The summed E-state index contributed by atoms with van der Waals surface area (Å²) in [5, 5.41) is 11.5. The number of ether oxygens (including phenoxy) is 1. The maximum absolute atomic E-state index is 12.3. The van der Waals surface area contributed by atoms with Gasteiger partial charge in [-0.05, 0) is 12.1 Å². The molecule has 0 atom stereocenters. The van der Waals surface area contributed by atoms with E-state index in [-0.39, 0.29) is 5.56 Å². The lowest BCUT2D eigenvalue weighted by molar-refractivity contribution is 0.0697. The Balaban J connectivity index is 2.43. The monoisotopic (exact) mass is 273 g/mol. The maximum Gasteiger partial charge on any atom is 0.342 e. The van der Waals surface area contributed by atoms with Gasteiger partial charge in [-0.1, -0.05) is 6.07 Å². The van der Waals surface area contributed by atoms with Gasteiger partial charge in [0.25, 0.3) is 0 Å². The Labute approximate surface area is 110 Å². The zero-order valence-electron chi connectivity index (χ0n) is 9.54. The van der Waals surface area contributed by atoms with Crippen LogP contribution in [-0.2, 0) is 6.61 Å². The summed E-state index contributed by atoms with van der Waals surface area (Å²) in [5.41, 5.74) is 0.909. The zero-order valence-corrected chi connectivity index (χ0v) is 10.4. The molecule has 0 spiro atoms. The summed E-state index contributed by atoms with van der Waals surface area (Å²) in [5.74, 6) is -0.572. The van der Waals surface area contributed by atoms with Crippen LogP contribution in [0.3, 0.4) is 0 Å². The molecule has 5 nitrogen and oxygen atoms in total. The number of rotatable bonds is 1. The zero-order chi connectivity index (χ0) is 13.1. The molecule has 1 aromatic carbocycles. The van der Waals surface area contributed by atoms with Gasteiger partial charge in [0, 0.05) is 5.38 Å². The molecule has 3 aromatic rings. The quantitative estimate of drug-likeness (QED) is 0.737. The number of thiazole rings is 1. The summed E-state index contributed by atoms with van der Waals surface area (Å²) in [6.07, 6.45) is 0. The van der Waals surface area contributed by atoms with Gasteiger partial charge >= 0.3 is 5.97 Å². The second kappa shape index (κ2) is 3.36. The summed E-state index contributed by atoms with van der Waals surface area (Å²) < 4.78 is 7.42. The molecule has 4 rings (SSSR count). The fraction of sp³-hybridized carbons (Fsp3) is 0.0769. The van der Waals surface area contributed by atoms with Crippen LogP contribution < -0.4 is 10.2 Å². The largest absolute Gasteiger partial charge is 0.485 e. The Morgan fingerprint density at radius 1 is 1.42 bits per heavy atom. The van der Waals surface area contributed by atoms with E-state index < -0.39 is 11.4 Å². The van der Waals surface area contributed by atoms with Gasteiger partial charge in [-0.3, -0.25) is 9.20 Å². The molecule has 0 fully saturated rings. The van der Waals surface area contributed by atoms with Crippen LogP contribution in [0.5, 0.6) is 5.75 Å². The molecule has 1 aliphatic heterocycles. The predicted octanol–water partition coefficient (Wildman–Crippen LogP) is 2.10. The number of hydrogen-bond donors (Lipinski definition) is 1. The number of benzene rings is 1. The van der Waals surface area contributed by atoms with E-state index in [0.717, 1.165) is 5.69 Å². The fourth-order valence-corrected chi connectivity index (χ4v) is 3.53. The molecule has 0 aliphatic carbocycles. The molecule has 3 heterocycles. The van der Waals surface area contributed by atoms with Gasteiger partial charge in [0.15, 0.2) is 0 Å². The Kier molecular flexibility index (Phi) is 1.87. The molecule has 0 unspecified atom stereocenters. The van der Waals surface area contributed by atoms with Crippen molar-refractivity contribution in [1.29, 1.82) is 0 Å². The number of carboxylic acids is 1. The number of hydrogen-bond acceptors (Lipinski definition) is 4. The first-order valence-corrected chi connectivity index (χ1v) is 6.50. The van der Waals surface area contributed by atoms with E-state index >= 15 is 0 Å². The SMILES string of the molecule is O=C(O)c1c(=O)c2cccc3c2n2c(csc12)CO3. The Morgan fingerprint density at radius 2 is 2.26 bits per heavy atom. The lowest BCUT2D eigenvalue weighted by Gasteiger charge is -2.17. The van der Waals surface area contributed by atoms with Crippen LogP contribution >= 0.6 is 11.3 Å². The van der Waals surface area contributed by atoms with Crippen LogP contribution in [0.15, 0.2) is 28.4 Å². The molecular weight excluding hydrogens is 266 g/mol. The van der Waals surface area contributed by atoms with Gasteiger partial charge in [0.05, 0.1) is 11.1 Å². The van der Waals surface area contributed by atoms with Crippen LogP contribution in [-0.4, -0.2) is 15.5 Å². The van der Waals surface area contributed by atoms with E-state index in [1.807, 2.05) is 9.78 Å². The highest BCUT2D eigenvalue weighted by Gasteiger charge is 2.24. The number of aromatic carboxylic acids is 1. The van der Waals surface area contributed by atoms with Crippen molar-refractivity contribution in [2.75, 3.05) is 0 Å². The van der Waals surface area contributed by atoms with Gasteiger partial charge in [0.1, 0.15) is 28.3 Å². The second-order valence-electron chi connectivity index (χ2n) is 4.32. The minimum Gasteiger partial charge on any atom is -0.485 e. The van der Waals surface area contributed by atoms with E-state index in [4.69, 9.17) is 4.74 Å². The summed E-state index contributed by atoms with van der Waals surface area (Å²) in [4.78, 5) is 24.1. The molecule has 94 valence electrons. The topological polar surface area (TPSA) is 68.0 Å². The molecule has 19 heavy (non-hydrogen) atoms. The molecule has 1 aliphatic rings. The number of nitrogens with zero attached hydrogens (tertiary/aromatic N) is 1. The first-order valence-electron chi connectivity index (χ1n) is 5.62. The van der Waals surface area contributed by atoms with Gasteiger partial charge in [-0.25, -0.2) is 4.79 Å². The highest BCUT2D eigenvalue weighted by Crippen LogP contribution is 2.34. The van der Waals surface area contributed by atoms with Gasteiger partial charge in [0.2, 0.25) is 5.43 Å². The Hall–Kier alpha value is -2.34. The fourth-order valence-electron chi connectivity index (χ4n) is 2.50. The molecule has 1 N–H and O–H groups in total. The Morgan fingerprint density at radius 3 is 3.05 bits per heavy atom.